The van der Waals surface area contributed by atoms with Crippen LogP contribution >= 0.6 is 0 Å². The summed E-state index contributed by atoms with van der Waals surface area (Å²) in [6.45, 7) is 5.72. The van der Waals surface area contributed by atoms with Gasteiger partial charge in [-0.25, -0.2) is 8.78 Å². The smallest absolute Gasteiger partial charge is 0.241 e. The standard InChI is InChI=1S/C15H20F2N2O/c1-10-5-7-19(8-6-10)11(2)15(20)18-14-9-12(16)3-4-13(14)17/h3-4,9-11H,5-8H2,1-2H3,(H,18,20). The molecular formula is C15H20F2N2O. The minimum atomic E-state index is -0.626. The molecule has 0 spiro atoms. The van der Waals surface area contributed by atoms with Crippen LogP contribution in [0, 0.1) is 17.6 Å². The Kier molecular flexibility index (Phi) is 4.70. The molecule has 1 aromatic carbocycles. The summed E-state index contributed by atoms with van der Waals surface area (Å²) in [6, 6.07) is 2.70. The minimum absolute atomic E-state index is 0.104. The highest BCUT2D eigenvalue weighted by molar-refractivity contribution is 5.94. The van der Waals surface area contributed by atoms with Gasteiger partial charge in [0.1, 0.15) is 11.6 Å². The zero-order chi connectivity index (χ0) is 14.7. The van der Waals surface area contributed by atoms with E-state index in [0.717, 1.165) is 44.1 Å². The number of benzene rings is 1. The maximum atomic E-state index is 13.5. The van der Waals surface area contributed by atoms with Crippen LogP contribution in [0.1, 0.15) is 26.7 Å². The van der Waals surface area contributed by atoms with E-state index in [9.17, 15) is 13.6 Å². The zero-order valence-corrected chi connectivity index (χ0v) is 11.8. The summed E-state index contributed by atoms with van der Waals surface area (Å²) in [5.74, 6) is -0.813. The monoisotopic (exact) mass is 282 g/mol. The quantitative estimate of drug-likeness (QED) is 0.924. The van der Waals surface area contributed by atoms with Gasteiger partial charge in [0.05, 0.1) is 11.7 Å². The van der Waals surface area contributed by atoms with Gasteiger partial charge in [0.15, 0.2) is 0 Å². The molecular weight excluding hydrogens is 262 g/mol. The molecule has 110 valence electrons. The van der Waals surface area contributed by atoms with Gasteiger partial charge < -0.3 is 5.32 Å². The average molecular weight is 282 g/mol. The summed E-state index contributed by atoms with van der Waals surface area (Å²) < 4.78 is 26.6. The van der Waals surface area contributed by atoms with Crippen LogP contribution in [0.15, 0.2) is 18.2 Å². The molecule has 3 nitrogen and oxygen atoms in total. The predicted octanol–water partition coefficient (Wildman–Crippen LogP) is 3.02. The molecule has 1 fully saturated rings. The van der Waals surface area contributed by atoms with Crippen molar-refractivity contribution in [2.45, 2.75) is 32.7 Å². The van der Waals surface area contributed by atoms with Crippen molar-refractivity contribution >= 4 is 11.6 Å². The van der Waals surface area contributed by atoms with Gasteiger partial charge in [0.2, 0.25) is 5.91 Å². The topological polar surface area (TPSA) is 32.3 Å². The predicted molar refractivity (Wildman–Crippen MR) is 74.4 cm³/mol. The second kappa shape index (κ2) is 6.31. The number of rotatable bonds is 3. The summed E-state index contributed by atoms with van der Waals surface area (Å²) in [7, 11) is 0. The third kappa shape index (κ3) is 3.54. The highest BCUT2D eigenvalue weighted by Crippen LogP contribution is 2.20. The number of anilines is 1. The summed E-state index contributed by atoms with van der Waals surface area (Å²) in [5, 5.41) is 2.46. The summed E-state index contributed by atoms with van der Waals surface area (Å²) >= 11 is 0. The third-order valence-corrected chi connectivity index (χ3v) is 3.93. The lowest BCUT2D eigenvalue weighted by Gasteiger charge is -2.34. The summed E-state index contributed by atoms with van der Waals surface area (Å²) in [5.41, 5.74) is -0.104. The Hall–Kier alpha value is -1.49. The Labute approximate surface area is 118 Å². The van der Waals surface area contributed by atoms with Crippen LogP contribution < -0.4 is 5.32 Å². The van der Waals surface area contributed by atoms with Gasteiger partial charge in [-0.3, -0.25) is 9.69 Å². The molecule has 0 aliphatic carbocycles. The van der Waals surface area contributed by atoms with Crippen molar-refractivity contribution in [3.63, 3.8) is 0 Å². The second-order valence-electron chi connectivity index (χ2n) is 5.51. The first kappa shape index (κ1) is 14.9. The second-order valence-corrected chi connectivity index (χ2v) is 5.51. The number of piperidine rings is 1. The third-order valence-electron chi connectivity index (χ3n) is 3.93. The number of nitrogens with one attached hydrogen (secondary N) is 1. The van der Waals surface area contributed by atoms with Crippen LogP contribution in [-0.4, -0.2) is 29.9 Å². The van der Waals surface area contributed by atoms with Crippen molar-refractivity contribution in [2.24, 2.45) is 5.92 Å². The molecule has 0 saturated carbocycles. The van der Waals surface area contributed by atoms with Crippen LogP contribution in [0.5, 0.6) is 0 Å². The normalized spacial score (nSPS) is 18.8. The van der Waals surface area contributed by atoms with Gasteiger partial charge in [0, 0.05) is 6.07 Å². The molecule has 1 aromatic rings. The number of halogens is 2. The van der Waals surface area contributed by atoms with Crippen LogP contribution in [0.2, 0.25) is 0 Å². The van der Waals surface area contributed by atoms with E-state index < -0.39 is 11.6 Å². The van der Waals surface area contributed by atoms with Crippen molar-refractivity contribution in [3.05, 3.63) is 29.8 Å². The number of likely N-dealkylation sites (tertiary alicyclic amines) is 1. The number of carbonyl (C=O) groups excluding carboxylic acids is 1. The maximum Gasteiger partial charge on any atom is 0.241 e. The van der Waals surface area contributed by atoms with E-state index >= 15 is 0 Å². The van der Waals surface area contributed by atoms with E-state index in [0.29, 0.717) is 5.92 Å². The Morgan fingerprint density at radius 1 is 1.35 bits per heavy atom. The van der Waals surface area contributed by atoms with Gasteiger partial charge in [-0.2, -0.15) is 0 Å². The molecule has 1 amide bonds. The molecule has 1 saturated heterocycles. The fourth-order valence-electron chi connectivity index (χ4n) is 2.41. The van der Waals surface area contributed by atoms with Crippen molar-refractivity contribution < 1.29 is 13.6 Å². The Morgan fingerprint density at radius 2 is 2.00 bits per heavy atom. The number of hydrogen-bond acceptors (Lipinski definition) is 2. The van der Waals surface area contributed by atoms with E-state index in [1.165, 1.54) is 0 Å². The molecule has 1 atom stereocenters. The first-order valence-electron chi connectivity index (χ1n) is 6.97. The number of carbonyl (C=O) groups is 1. The molecule has 0 bridgehead atoms. The van der Waals surface area contributed by atoms with Crippen molar-refractivity contribution in [1.29, 1.82) is 0 Å². The lowest BCUT2D eigenvalue weighted by atomic mass is 9.98. The lowest BCUT2D eigenvalue weighted by molar-refractivity contribution is -0.121. The first-order chi connectivity index (χ1) is 9.47. The number of amides is 1. The van der Waals surface area contributed by atoms with Crippen LogP contribution in [-0.2, 0) is 4.79 Å². The van der Waals surface area contributed by atoms with E-state index in [1.807, 2.05) is 0 Å². The van der Waals surface area contributed by atoms with Crippen LogP contribution in [0.25, 0.3) is 0 Å². The molecule has 2 rings (SSSR count). The minimum Gasteiger partial charge on any atom is -0.322 e. The molecule has 0 radical (unpaired) electrons. The van der Waals surface area contributed by atoms with E-state index in [4.69, 9.17) is 0 Å². The van der Waals surface area contributed by atoms with Crippen LogP contribution in [0.3, 0.4) is 0 Å². The zero-order valence-electron chi connectivity index (χ0n) is 11.8. The van der Waals surface area contributed by atoms with Crippen molar-refractivity contribution in [2.75, 3.05) is 18.4 Å². The highest BCUT2D eigenvalue weighted by Gasteiger charge is 2.25. The average Bonchev–Trinajstić information content (AvgIpc) is 2.43. The van der Waals surface area contributed by atoms with Gasteiger partial charge >= 0.3 is 0 Å². The molecule has 1 unspecified atom stereocenters. The van der Waals surface area contributed by atoms with Crippen molar-refractivity contribution in [3.8, 4) is 0 Å². The maximum absolute atomic E-state index is 13.5. The molecule has 1 aliphatic rings. The number of hydrogen-bond donors (Lipinski definition) is 1. The molecule has 0 aromatic heterocycles. The van der Waals surface area contributed by atoms with Gasteiger partial charge in [-0.05, 0) is 50.9 Å². The Morgan fingerprint density at radius 3 is 2.65 bits per heavy atom. The largest absolute Gasteiger partial charge is 0.322 e. The van der Waals surface area contributed by atoms with Gasteiger partial charge in [0.25, 0.3) is 0 Å². The Bertz CT molecular complexity index is 485. The summed E-state index contributed by atoms with van der Waals surface area (Å²) in [6.07, 6.45) is 2.12. The van der Waals surface area contributed by atoms with E-state index in [1.54, 1.807) is 6.92 Å². The summed E-state index contributed by atoms with van der Waals surface area (Å²) in [4.78, 5) is 14.2. The number of nitrogens with zero attached hydrogens (tertiary/aromatic N) is 1. The van der Waals surface area contributed by atoms with Crippen molar-refractivity contribution in [1.82, 2.24) is 4.90 Å². The fourth-order valence-corrected chi connectivity index (χ4v) is 2.41. The molecule has 20 heavy (non-hydrogen) atoms. The Balaban J connectivity index is 1.99. The van der Waals surface area contributed by atoms with Gasteiger partial charge in [-0.1, -0.05) is 6.92 Å². The molecule has 1 heterocycles. The van der Waals surface area contributed by atoms with E-state index in [-0.39, 0.29) is 17.6 Å². The first-order valence-corrected chi connectivity index (χ1v) is 6.97. The lowest BCUT2D eigenvalue weighted by Crippen LogP contribution is -2.45. The highest BCUT2D eigenvalue weighted by atomic mass is 19.1. The van der Waals surface area contributed by atoms with Gasteiger partial charge in [-0.15, -0.1) is 0 Å². The molecule has 1 N–H and O–H groups in total. The fraction of sp³-hybridized carbons (Fsp3) is 0.533. The molecule has 5 heteroatoms. The SMILES string of the molecule is CC1CCN(C(C)C(=O)Nc2cc(F)ccc2F)CC1. The van der Waals surface area contributed by atoms with Crippen LogP contribution in [0.4, 0.5) is 14.5 Å². The van der Waals surface area contributed by atoms with E-state index in [2.05, 4.69) is 17.1 Å². The molecule has 1 aliphatic heterocycles.